The molecule has 0 amide bonds. The second-order valence-electron chi connectivity index (χ2n) is 28.8. The van der Waals surface area contributed by atoms with Gasteiger partial charge in [0.05, 0.1) is 0 Å². The first-order chi connectivity index (χ1) is 58.5. The molecule has 552 valence electrons. The van der Waals surface area contributed by atoms with Crippen molar-refractivity contribution in [3.05, 3.63) is 376 Å². The summed E-state index contributed by atoms with van der Waals surface area (Å²) in [5, 5.41) is 6.60. The van der Waals surface area contributed by atoms with Gasteiger partial charge < -0.3 is 8.83 Å². The number of hydrogen-bond acceptors (Lipinski definition) is 14. The monoisotopic (exact) mass is 1550 g/mol. The van der Waals surface area contributed by atoms with Crippen LogP contribution in [-0.4, -0.2) is 49.8 Å². The lowest BCUT2D eigenvalue weighted by molar-refractivity contribution is 0.667. The number of rotatable bonds is 13. The summed E-state index contributed by atoms with van der Waals surface area (Å²) in [6.07, 6.45) is 0. The molecule has 0 unspecified atom stereocenters. The van der Waals surface area contributed by atoms with Gasteiger partial charge >= 0.3 is 0 Å². The van der Waals surface area contributed by atoms with Crippen LogP contribution in [0, 0.1) is 0 Å². The number of nitrogens with zero attached hydrogens (tertiary/aromatic N) is 10. The van der Waals surface area contributed by atoms with Crippen LogP contribution in [0.4, 0.5) is 0 Å². The number of aromatic nitrogens is 10. The minimum atomic E-state index is 0.629. The summed E-state index contributed by atoms with van der Waals surface area (Å²) in [5.41, 5.74) is 22.4. The molecule has 0 saturated heterocycles. The zero-order valence-corrected chi connectivity index (χ0v) is 64.5. The molecule has 0 saturated carbocycles. The first kappa shape index (κ1) is 69.3. The summed E-state index contributed by atoms with van der Waals surface area (Å²) in [4.78, 5) is 50.5. The van der Waals surface area contributed by atoms with E-state index in [4.69, 9.17) is 58.7 Å². The topological polar surface area (TPSA) is 155 Å². The first-order valence-corrected chi connectivity index (χ1v) is 40.5. The standard InChI is InChI=1S/C55H33N5OS.C49H29N5OS/c1-4-15-34(16-5-1)39-21-12-22-40(33-39)54-56-48(50-49(57-54)42-23-10-11-27-45(42)61-50)36-31-29-35(30-32-36)41-24-13-25-43-47-44(26-14-28-46(47)62-51(41)43)55-59-52(37-17-6-2-7-18-37)58-53(60-55)38-19-8-3-9-20-38;1-4-14-31(15-5-1)46-50-42-36-20-10-11-24-39(36)55-44(42)43(51-46)38-23-12-22-37-41-35(21-13-25-40(41)56-45(37)38)30-26-28-34(29-27-30)49-53-47(32-16-6-2-7-17-32)52-48(54-49)33-18-8-3-9-19-33/h1-33H;1-29H. The van der Waals surface area contributed by atoms with Crippen LogP contribution in [0.15, 0.2) is 385 Å². The van der Waals surface area contributed by atoms with Gasteiger partial charge in [-0.3, -0.25) is 0 Å². The quantitative estimate of drug-likeness (QED) is 0.108. The Morgan fingerprint density at radius 1 is 0.186 bits per heavy atom. The second-order valence-corrected chi connectivity index (χ2v) is 30.9. The molecule has 0 aliphatic rings. The Morgan fingerprint density at radius 3 is 1.00 bits per heavy atom. The molecule has 0 aliphatic carbocycles. The van der Waals surface area contributed by atoms with Crippen molar-refractivity contribution in [1.29, 1.82) is 0 Å². The molecule has 8 heterocycles. The predicted molar refractivity (Wildman–Crippen MR) is 482 cm³/mol. The van der Waals surface area contributed by atoms with E-state index in [1.807, 2.05) is 182 Å². The van der Waals surface area contributed by atoms with Crippen molar-refractivity contribution < 1.29 is 8.83 Å². The Labute approximate surface area is 684 Å². The number of furan rings is 2. The van der Waals surface area contributed by atoms with Crippen molar-refractivity contribution in [3.63, 3.8) is 0 Å². The third kappa shape index (κ3) is 12.7. The largest absolute Gasteiger partial charge is 0.452 e. The Bertz CT molecular complexity index is 7660. The van der Waals surface area contributed by atoms with Gasteiger partial charge in [-0.1, -0.05) is 334 Å². The van der Waals surface area contributed by atoms with Crippen molar-refractivity contribution in [2.45, 2.75) is 0 Å². The highest BCUT2D eigenvalue weighted by atomic mass is 32.1. The third-order valence-corrected chi connectivity index (χ3v) is 24.0. The van der Waals surface area contributed by atoms with E-state index < -0.39 is 0 Å². The summed E-state index contributed by atoms with van der Waals surface area (Å²) in [6.45, 7) is 0. The normalized spacial score (nSPS) is 11.6. The van der Waals surface area contributed by atoms with Crippen LogP contribution < -0.4 is 0 Å². The van der Waals surface area contributed by atoms with E-state index in [2.05, 4.69) is 194 Å². The lowest BCUT2D eigenvalue weighted by Gasteiger charge is -2.10. The number of fused-ring (bicyclic) bond motifs is 12. The van der Waals surface area contributed by atoms with E-state index in [9.17, 15) is 0 Å². The van der Waals surface area contributed by atoms with Crippen LogP contribution in [0.5, 0.6) is 0 Å². The molecule has 23 rings (SSSR count). The molecule has 23 aromatic rings. The summed E-state index contributed by atoms with van der Waals surface area (Å²) < 4.78 is 17.7. The Hall–Kier alpha value is -15.5. The number of benzene rings is 15. The van der Waals surface area contributed by atoms with Crippen LogP contribution in [-0.2, 0) is 0 Å². The number of hydrogen-bond donors (Lipinski definition) is 0. The minimum Gasteiger partial charge on any atom is -0.452 e. The maximum Gasteiger partial charge on any atom is 0.180 e. The fraction of sp³-hybridized carbons (Fsp3) is 0. The fourth-order valence-electron chi connectivity index (χ4n) is 15.9. The molecule has 0 fully saturated rings. The average molecular weight is 1550 g/mol. The SMILES string of the molecule is c1ccc(-c2cccc(-c3nc(-c4ccc(-c5cccc6c5sc5cccc(-c7nc(-c8ccccc8)nc(-c8ccccc8)n7)c56)cc4)c4oc5ccccc5c4n3)c2)cc1.c1ccc(-c2nc(-c3ccccc3)nc(-c3ccc(-c4cccc5sc6c(-c7nc(-c8ccccc8)nc8c7oc7ccccc78)cccc6c45)cc3)n2)cc1. The van der Waals surface area contributed by atoms with Gasteiger partial charge in [0.15, 0.2) is 57.8 Å². The first-order valence-electron chi connectivity index (χ1n) is 38.9. The van der Waals surface area contributed by atoms with E-state index in [-0.39, 0.29) is 0 Å². The smallest absolute Gasteiger partial charge is 0.180 e. The maximum absolute atomic E-state index is 6.52. The van der Waals surface area contributed by atoms with Crippen molar-refractivity contribution in [1.82, 2.24) is 49.8 Å². The van der Waals surface area contributed by atoms with Crippen molar-refractivity contribution in [3.8, 4) is 147 Å². The van der Waals surface area contributed by atoms with Crippen LogP contribution in [0.25, 0.3) is 231 Å². The molecule has 0 aliphatic heterocycles. The van der Waals surface area contributed by atoms with Gasteiger partial charge in [0.1, 0.15) is 33.6 Å². The lowest BCUT2D eigenvalue weighted by Crippen LogP contribution is -2.00. The van der Waals surface area contributed by atoms with Gasteiger partial charge in [0.25, 0.3) is 0 Å². The molecule has 14 heteroatoms. The van der Waals surface area contributed by atoms with Gasteiger partial charge in [-0.15, -0.1) is 22.7 Å². The Morgan fingerprint density at radius 2 is 0.500 bits per heavy atom. The molecule has 118 heavy (non-hydrogen) atoms. The zero-order valence-electron chi connectivity index (χ0n) is 62.9. The molecule has 15 aromatic carbocycles. The van der Waals surface area contributed by atoms with Gasteiger partial charge in [-0.05, 0) is 75.8 Å². The zero-order chi connectivity index (χ0) is 78.0. The van der Waals surface area contributed by atoms with E-state index >= 15 is 0 Å². The molecule has 0 radical (unpaired) electrons. The van der Waals surface area contributed by atoms with E-state index in [0.717, 1.165) is 149 Å². The van der Waals surface area contributed by atoms with Crippen LogP contribution in [0.2, 0.25) is 0 Å². The predicted octanol–water partition coefficient (Wildman–Crippen LogP) is 27.5. The highest BCUT2D eigenvalue weighted by molar-refractivity contribution is 7.27. The molecule has 0 spiro atoms. The van der Waals surface area contributed by atoms with Gasteiger partial charge in [-0.25, -0.2) is 49.8 Å². The number of para-hydroxylation sites is 2. The molecule has 0 bridgehead atoms. The minimum absolute atomic E-state index is 0.629. The second kappa shape index (κ2) is 29.5. The fourth-order valence-corrected chi connectivity index (χ4v) is 18.4. The third-order valence-electron chi connectivity index (χ3n) is 21.6. The van der Waals surface area contributed by atoms with Crippen molar-refractivity contribution in [2.24, 2.45) is 0 Å². The Balaban J connectivity index is 0.000000143. The van der Waals surface area contributed by atoms with Crippen molar-refractivity contribution >= 4 is 107 Å². The van der Waals surface area contributed by atoms with Gasteiger partial charge in [0, 0.05) is 107 Å². The van der Waals surface area contributed by atoms with E-state index in [1.165, 1.54) is 24.9 Å². The van der Waals surface area contributed by atoms with Crippen LogP contribution >= 0.6 is 22.7 Å². The summed E-state index contributed by atoms with van der Waals surface area (Å²) in [5.74, 6) is 5.16. The highest BCUT2D eigenvalue weighted by Crippen LogP contribution is 2.48. The average Bonchev–Trinajstić information content (AvgIpc) is 1.57. The molecular weight excluding hydrogens is 1490 g/mol. The highest BCUT2D eigenvalue weighted by Gasteiger charge is 2.26. The molecule has 12 nitrogen and oxygen atoms in total. The van der Waals surface area contributed by atoms with Crippen LogP contribution in [0.1, 0.15) is 0 Å². The van der Waals surface area contributed by atoms with Gasteiger partial charge in [0.2, 0.25) is 0 Å². The van der Waals surface area contributed by atoms with Crippen molar-refractivity contribution in [2.75, 3.05) is 0 Å². The maximum atomic E-state index is 6.52. The lowest BCUT2D eigenvalue weighted by atomic mass is 9.97. The molecule has 0 atom stereocenters. The van der Waals surface area contributed by atoms with Crippen LogP contribution in [0.3, 0.4) is 0 Å². The van der Waals surface area contributed by atoms with E-state index in [1.54, 1.807) is 22.7 Å². The Kier molecular flexibility index (Phi) is 17.3. The van der Waals surface area contributed by atoms with E-state index in [0.29, 0.717) is 57.8 Å². The number of thiophene rings is 2. The molecule has 0 N–H and O–H groups in total. The molecular formula is C104H62N10O2S2. The summed E-state index contributed by atoms with van der Waals surface area (Å²) in [7, 11) is 0. The summed E-state index contributed by atoms with van der Waals surface area (Å²) in [6, 6.07) is 129. The molecule has 8 aromatic heterocycles. The van der Waals surface area contributed by atoms with Gasteiger partial charge in [-0.2, -0.15) is 0 Å². The summed E-state index contributed by atoms with van der Waals surface area (Å²) >= 11 is 3.57.